The molecule has 0 aromatic rings. The van der Waals surface area contributed by atoms with E-state index in [9.17, 15) is 14.4 Å². The molecule has 0 spiro atoms. The molecule has 0 atom stereocenters. The Morgan fingerprint density at radius 3 is 1.38 bits per heavy atom. The molecule has 0 unspecified atom stereocenters. The molecule has 0 aliphatic carbocycles. The fraction of sp³-hybridized carbons (Fsp3) is 0.667. The summed E-state index contributed by atoms with van der Waals surface area (Å²) in [7, 11) is 2.36. The Morgan fingerprint density at radius 2 is 1.12 bits per heavy atom. The van der Waals surface area contributed by atoms with Crippen LogP contribution in [0.4, 0.5) is 0 Å². The molecule has 0 aromatic carbocycles. The second kappa shape index (κ2) is 6.91. The van der Waals surface area contributed by atoms with Crippen LogP contribution >= 0.6 is 0 Å². The van der Waals surface area contributed by atoms with Crippen LogP contribution in [0.25, 0.3) is 0 Å². The average Bonchev–Trinajstić information content (AvgIpc) is 2.21. The smallest absolute Gasteiger partial charge is 0.246 e. The lowest BCUT2D eigenvalue weighted by molar-refractivity contribution is -0.160. The first-order valence-electron chi connectivity index (χ1n) is 4.77. The molecule has 2 N–H and O–H groups in total. The summed E-state index contributed by atoms with van der Waals surface area (Å²) in [5, 5.41) is 18.2. The molecule has 7 nitrogen and oxygen atoms in total. The standard InChI is InChI=1S/C9H16N2O5/c1-10(15)8(13)5-3-7(12)4-6-9(14)11(2)16/h15-16H,3-6H2,1-2H3. The third-order valence-corrected chi connectivity index (χ3v) is 1.96. The quantitative estimate of drug-likeness (QED) is 0.488. The predicted octanol–water partition coefficient (Wildman–Crippen LogP) is -0.189. The van der Waals surface area contributed by atoms with Crippen LogP contribution in [0.2, 0.25) is 0 Å². The Kier molecular flexibility index (Phi) is 6.28. The van der Waals surface area contributed by atoms with Gasteiger partial charge in [-0.15, -0.1) is 0 Å². The van der Waals surface area contributed by atoms with E-state index in [2.05, 4.69) is 0 Å². The van der Waals surface area contributed by atoms with Gasteiger partial charge in [0.15, 0.2) is 0 Å². The summed E-state index contributed by atoms with van der Waals surface area (Å²) in [6, 6.07) is 0. The Morgan fingerprint density at radius 1 is 0.812 bits per heavy atom. The van der Waals surface area contributed by atoms with E-state index in [4.69, 9.17) is 10.4 Å². The first kappa shape index (κ1) is 14.5. The van der Waals surface area contributed by atoms with Crippen molar-refractivity contribution in [2.45, 2.75) is 25.7 Å². The summed E-state index contributed by atoms with van der Waals surface area (Å²) in [6.07, 6.45) is -0.220. The van der Waals surface area contributed by atoms with E-state index in [0.29, 0.717) is 10.1 Å². The summed E-state index contributed by atoms with van der Waals surface area (Å²) in [5.74, 6) is -1.37. The molecule has 0 rings (SSSR count). The third kappa shape index (κ3) is 6.10. The van der Waals surface area contributed by atoms with Gasteiger partial charge in [0.05, 0.1) is 0 Å². The van der Waals surface area contributed by atoms with Crippen molar-refractivity contribution in [1.82, 2.24) is 10.1 Å². The molecule has 0 aliphatic heterocycles. The number of amides is 2. The molecule has 0 fully saturated rings. The number of carbonyl (C=O) groups is 3. The van der Waals surface area contributed by atoms with Gasteiger partial charge in [0.2, 0.25) is 11.8 Å². The van der Waals surface area contributed by atoms with Gasteiger partial charge >= 0.3 is 0 Å². The number of ketones is 1. The molecule has 0 heterocycles. The lowest BCUT2D eigenvalue weighted by Crippen LogP contribution is -2.24. The molecule has 0 radical (unpaired) electrons. The highest BCUT2D eigenvalue weighted by Gasteiger charge is 2.12. The number of hydrogen-bond donors (Lipinski definition) is 2. The van der Waals surface area contributed by atoms with Gasteiger partial charge in [-0.05, 0) is 0 Å². The Labute approximate surface area is 93.2 Å². The van der Waals surface area contributed by atoms with Crippen molar-refractivity contribution in [3.63, 3.8) is 0 Å². The number of hydrogen-bond acceptors (Lipinski definition) is 5. The number of hydroxylamine groups is 4. The molecule has 16 heavy (non-hydrogen) atoms. The van der Waals surface area contributed by atoms with E-state index in [-0.39, 0.29) is 31.5 Å². The average molecular weight is 232 g/mol. The summed E-state index contributed by atoms with van der Waals surface area (Å²) in [5.41, 5.74) is 0. The minimum Gasteiger partial charge on any atom is -0.300 e. The molecule has 0 bridgehead atoms. The summed E-state index contributed by atoms with van der Waals surface area (Å²) in [4.78, 5) is 33.0. The first-order valence-corrected chi connectivity index (χ1v) is 4.77. The maximum absolute atomic E-state index is 11.2. The summed E-state index contributed by atoms with van der Waals surface area (Å²) < 4.78 is 0. The molecule has 0 aliphatic rings. The van der Waals surface area contributed by atoms with Gasteiger partial charge in [-0.3, -0.25) is 24.8 Å². The number of rotatable bonds is 6. The molecular weight excluding hydrogens is 216 g/mol. The van der Waals surface area contributed by atoms with Gasteiger partial charge in [0.1, 0.15) is 5.78 Å². The second-order valence-corrected chi connectivity index (χ2v) is 3.37. The Hall–Kier alpha value is -1.47. The van der Waals surface area contributed by atoms with Crippen molar-refractivity contribution in [2.75, 3.05) is 14.1 Å². The van der Waals surface area contributed by atoms with Crippen LogP contribution in [0.3, 0.4) is 0 Å². The monoisotopic (exact) mass is 232 g/mol. The van der Waals surface area contributed by atoms with E-state index in [1.165, 1.54) is 14.1 Å². The van der Waals surface area contributed by atoms with Crippen molar-refractivity contribution in [3.8, 4) is 0 Å². The fourth-order valence-corrected chi connectivity index (χ4v) is 0.941. The fourth-order valence-electron chi connectivity index (χ4n) is 0.941. The molecular formula is C9H16N2O5. The van der Waals surface area contributed by atoms with Crippen LogP contribution in [-0.4, -0.2) is 52.2 Å². The first-order chi connectivity index (χ1) is 7.34. The SMILES string of the molecule is CN(O)C(=O)CCC(=O)CCC(=O)N(C)O. The third-order valence-electron chi connectivity index (χ3n) is 1.96. The zero-order valence-electron chi connectivity index (χ0n) is 9.34. The zero-order valence-corrected chi connectivity index (χ0v) is 9.34. The molecule has 0 saturated heterocycles. The van der Waals surface area contributed by atoms with Crippen LogP contribution in [0.5, 0.6) is 0 Å². The minimum absolute atomic E-state index is 0.0217. The zero-order chi connectivity index (χ0) is 12.7. The van der Waals surface area contributed by atoms with Crippen molar-refractivity contribution >= 4 is 17.6 Å². The maximum atomic E-state index is 11.2. The molecule has 2 amide bonds. The largest absolute Gasteiger partial charge is 0.300 e. The van der Waals surface area contributed by atoms with Crippen LogP contribution in [0.15, 0.2) is 0 Å². The van der Waals surface area contributed by atoms with Gasteiger partial charge in [-0.25, -0.2) is 10.1 Å². The lowest BCUT2D eigenvalue weighted by Gasteiger charge is -2.08. The minimum atomic E-state index is -0.557. The van der Waals surface area contributed by atoms with E-state index in [1.807, 2.05) is 0 Å². The van der Waals surface area contributed by atoms with E-state index in [0.717, 1.165) is 0 Å². The highest BCUT2D eigenvalue weighted by molar-refractivity contribution is 5.87. The molecule has 0 aromatic heterocycles. The summed E-state index contributed by atoms with van der Waals surface area (Å²) >= 11 is 0. The number of nitrogens with zero attached hydrogens (tertiary/aromatic N) is 2. The van der Waals surface area contributed by atoms with Crippen LogP contribution in [-0.2, 0) is 14.4 Å². The summed E-state index contributed by atoms with van der Waals surface area (Å²) in [6.45, 7) is 0. The van der Waals surface area contributed by atoms with Gasteiger partial charge in [-0.2, -0.15) is 0 Å². The number of carbonyl (C=O) groups excluding carboxylic acids is 3. The highest BCUT2D eigenvalue weighted by atomic mass is 16.5. The van der Waals surface area contributed by atoms with E-state index >= 15 is 0 Å². The normalized spacial score (nSPS) is 9.75. The number of Topliss-reactive ketones (excluding diaryl/α,β-unsaturated/α-hetero) is 1. The maximum Gasteiger partial charge on any atom is 0.246 e. The lowest BCUT2D eigenvalue weighted by atomic mass is 10.1. The highest BCUT2D eigenvalue weighted by Crippen LogP contribution is 2.02. The van der Waals surface area contributed by atoms with Crippen LogP contribution < -0.4 is 0 Å². The predicted molar refractivity (Wildman–Crippen MR) is 52.6 cm³/mol. The van der Waals surface area contributed by atoms with Gasteiger partial charge in [0, 0.05) is 39.8 Å². The van der Waals surface area contributed by atoms with E-state index in [1.54, 1.807) is 0 Å². The van der Waals surface area contributed by atoms with Crippen molar-refractivity contribution in [2.24, 2.45) is 0 Å². The van der Waals surface area contributed by atoms with Gasteiger partial charge in [-0.1, -0.05) is 0 Å². The Balaban J connectivity index is 3.76. The van der Waals surface area contributed by atoms with Crippen molar-refractivity contribution < 1.29 is 24.8 Å². The Bertz CT molecular complexity index is 249. The van der Waals surface area contributed by atoms with Crippen molar-refractivity contribution in [3.05, 3.63) is 0 Å². The molecule has 0 saturated carbocycles. The van der Waals surface area contributed by atoms with Crippen LogP contribution in [0.1, 0.15) is 25.7 Å². The molecule has 7 heteroatoms. The second-order valence-electron chi connectivity index (χ2n) is 3.37. The van der Waals surface area contributed by atoms with Crippen LogP contribution in [0, 0.1) is 0 Å². The van der Waals surface area contributed by atoms with E-state index < -0.39 is 11.8 Å². The van der Waals surface area contributed by atoms with Gasteiger partial charge in [0.25, 0.3) is 0 Å². The molecule has 92 valence electrons. The van der Waals surface area contributed by atoms with Gasteiger partial charge < -0.3 is 0 Å². The topological polar surface area (TPSA) is 98.2 Å². The van der Waals surface area contributed by atoms with Crippen molar-refractivity contribution in [1.29, 1.82) is 0 Å².